The van der Waals surface area contributed by atoms with Gasteiger partial charge in [-0.25, -0.2) is 4.98 Å². The molecule has 2 aromatic heterocycles. The number of pyridine rings is 1. The summed E-state index contributed by atoms with van der Waals surface area (Å²) in [6.07, 6.45) is 3.90. The first kappa shape index (κ1) is 19.0. The van der Waals surface area contributed by atoms with Crippen LogP contribution in [0.1, 0.15) is 24.1 Å². The Labute approximate surface area is 174 Å². The first-order valence-corrected chi connectivity index (χ1v) is 10.4. The molecule has 29 heavy (non-hydrogen) atoms. The Kier molecular flexibility index (Phi) is 5.77. The zero-order valence-corrected chi connectivity index (χ0v) is 16.9. The third kappa shape index (κ3) is 4.76. The fourth-order valence-electron chi connectivity index (χ4n) is 3.13. The fraction of sp³-hybridized carbons (Fsp3) is 0.125. The van der Waals surface area contributed by atoms with Crippen molar-refractivity contribution in [2.24, 2.45) is 0 Å². The maximum absolute atomic E-state index is 12.4. The van der Waals surface area contributed by atoms with E-state index in [0.717, 1.165) is 33.0 Å². The number of thiazole rings is 1. The number of carbonyl (C=O) groups is 1. The molecule has 4 nitrogen and oxygen atoms in total. The number of rotatable bonds is 6. The minimum Gasteiger partial charge on any atom is -0.349 e. The lowest BCUT2D eigenvalue weighted by Gasteiger charge is -2.14. The molecular weight excluding hydrogens is 378 g/mol. The average Bonchev–Trinajstić information content (AvgIpc) is 3.26. The Hall–Kier alpha value is -3.31. The Bertz CT molecular complexity index is 1080. The molecule has 0 aliphatic rings. The molecule has 0 radical (unpaired) electrons. The monoisotopic (exact) mass is 399 g/mol. The van der Waals surface area contributed by atoms with Crippen LogP contribution in [0.25, 0.3) is 21.8 Å². The van der Waals surface area contributed by atoms with Crippen LogP contribution in [-0.4, -0.2) is 15.9 Å². The van der Waals surface area contributed by atoms with E-state index in [9.17, 15) is 4.79 Å². The second kappa shape index (κ2) is 8.80. The van der Waals surface area contributed by atoms with Crippen molar-refractivity contribution in [3.8, 4) is 21.8 Å². The molecule has 1 amide bonds. The second-order valence-corrected chi connectivity index (χ2v) is 7.71. The van der Waals surface area contributed by atoms with Gasteiger partial charge in [0.15, 0.2) is 0 Å². The molecule has 1 unspecified atom stereocenters. The molecule has 144 valence electrons. The lowest BCUT2D eigenvalue weighted by atomic mass is 10.1. The van der Waals surface area contributed by atoms with Crippen molar-refractivity contribution in [3.63, 3.8) is 0 Å². The number of carbonyl (C=O) groups excluding carboxylic acids is 1. The van der Waals surface area contributed by atoms with E-state index in [2.05, 4.69) is 15.7 Å². The molecule has 4 rings (SSSR count). The molecule has 0 spiro atoms. The van der Waals surface area contributed by atoms with Gasteiger partial charge in [0.2, 0.25) is 5.91 Å². The largest absolute Gasteiger partial charge is 0.349 e. The minimum atomic E-state index is -0.00964. The molecule has 2 aromatic carbocycles. The number of hydrogen-bond acceptors (Lipinski definition) is 4. The highest BCUT2D eigenvalue weighted by molar-refractivity contribution is 7.13. The maximum Gasteiger partial charge on any atom is 0.224 e. The summed E-state index contributed by atoms with van der Waals surface area (Å²) in [7, 11) is 0. The molecule has 0 bridgehead atoms. The molecule has 0 fully saturated rings. The van der Waals surface area contributed by atoms with E-state index in [1.165, 1.54) is 0 Å². The van der Waals surface area contributed by atoms with Gasteiger partial charge in [-0.2, -0.15) is 0 Å². The number of aromatic nitrogens is 2. The van der Waals surface area contributed by atoms with Crippen LogP contribution >= 0.6 is 11.3 Å². The van der Waals surface area contributed by atoms with Gasteiger partial charge < -0.3 is 5.32 Å². The van der Waals surface area contributed by atoms with Crippen LogP contribution in [0.5, 0.6) is 0 Å². The van der Waals surface area contributed by atoms with Gasteiger partial charge in [0.1, 0.15) is 5.01 Å². The van der Waals surface area contributed by atoms with Crippen LogP contribution < -0.4 is 5.32 Å². The van der Waals surface area contributed by atoms with Crippen molar-refractivity contribution in [3.05, 3.63) is 95.6 Å². The van der Waals surface area contributed by atoms with Gasteiger partial charge in [-0.3, -0.25) is 9.78 Å². The van der Waals surface area contributed by atoms with Gasteiger partial charge >= 0.3 is 0 Å². The molecular formula is C24H21N3OS. The standard InChI is InChI=1S/C24H21N3OS/c1-17(19-5-3-2-4-6-19)26-23(28)15-18-7-9-20(10-8-18)22-16-29-24(27-22)21-11-13-25-14-12-21/h2-14,16-17H,15H2,1H3,(H,26,28). The van der Waals surface area contributed by atoms with Crippen molar-refractivity contribution >= 4 is 17.2 Å². The average molecular weight is 400 g/mol. The first-order valence-electron chi connectivity index (χ1n) is 9.48. The highest BCUT2D eigenvalue weighted by atomic mass is 32.1. The smallest absolute Gasteiger partial charge is 0.224 e. The van der Waals surface area contributed by atoms with Crippen LogP contribution in [0, 0.1) is 0 Å². The van der Waals surface area contributed by atoms with Gasteiger partial charge in [-0.1, -0.05) is 54.6 Å². The molecule has 0 saturated heterocycles. The lowest BCUT2D eigenvalue weighted by Crippen LogP contribution is -2.28. The molecule has 0 aliphatic carbocycles. The van der Waals surface area contributed by atoms with E-state index in [1.807, 2.05) is 73.7 Å². The van der Waals surface area contributed by atoms with E-state index in [-0.39, 0.29) is 11.9 Å². The summed E-state index contributed by atoms with van der Waals surface area (Å²) in [6, 6.07) is 21.9. The lowest BCUT2D eigenvalue weighted by molar-refractivity contribution is -0.121. The Balaban J connectivity index is 1.39. The molecule has 4 aromatic rings. The highest BCUT2D eigenvalue weighted by Gasteiger charge is 2.11. The van der Waals surface area contributed by atoms with Crippen LogP contribution in [0.15, 0.2) is 84.5 Å². The molecule has 2 heterocycles. The van der Waals surface area contributed by atoms with Gasteiger partial charge in [-0.05, 0) is 30.2 Å². The molecule has 1 N–H and O–H groups in total. The number of hydrogen-bond donors (Lipinski definition) is 1. The molecule has 0 saturated carbocycles. The Morgan fingerprint density at radius 2 is 1.69 bits per heavy atom. The summed E-state index contributed by atoms with van der Waals surface area (Å²) >= 11 is 1.61. The number of benzene rings is 2. The van der Waals surface area contributed by atoms with E-state index in [1.54, 1.807) is 23.7 Å². The van der Waals surface area contributed by atoms with E-state index in [4.69, 9.17) is 4.98 Å². The zero-order chi connectivity index (χ0) is 20.1. The minimum absolute atomic E-state index is 0.00964. The summed E-state index contributed by atoms with van der Waals surface area (Å²) in [6.45, 7) is 2.00. The van der Waals surface area contributed by atoms with Gasteiger partial charge in [0.05, 0.1) is 18.2 Å². The Morgan fingerprint density at radius 3 is 2.41 bits per heavy atom. The van der Waals surface area contributed by atoms with E-state index < -0.39 is 0 Å². The van der Waals surface area contributed by atoms with Crippen LogP contribution in [0.4, 0.5) is 0 Å². The van der Waals surface area contributed by atoms with E-state index >= 15 is 0 Å². The predicted molar refractivity (Wildman–Crippen MR) is 117 cm³/mol. The van der Waals surface area contributed by atoms with Crippen LogP contribution in [-0.2, 0) is 11.2 Å². The van der Waals surface area contributed by atoms with Crippen molar-refractivity contribution in [1.82, 2.24) is 15.3 Å². The van der Waals surface area contributed by atoms with Crippen LogP contribution in [0.2, 0.25) is 0 Å². The summed E-state index contributed by atoms with van der Waals surface area (Å²) in [5.74, 6) is 0.0164. The fourth-order valence-corrected chi connectivity index (χ4v) is 3.96. The predicted octanol–water partition coefficient (Wildman–Crippen LogP) is 5.29. The third-order valence-corrected chi connectivity index (χ3v) is 5.61. The van der Waals surface area contributed by atoms with Crippen molar-refractivity contribution in [2.75, 3.05) is 0 Å². The van der Waals surface area contributed by atoms with Crippen LogP contribution in [0.3, 0.4) is 0 Å². The van der Waals surface area contributed by atoms with Crippen molar-refractivity contribution in [1.29, 1.82) is 0 Å². The van der Waals surface area contributed by atoms with Gasteiger partial charge in [0, 0.05) is 28.9 Å². The van der Waals surface area contributed by atoms with E-state index in [0.29, 0.717) is 6.42 Å². The van der Waals surface area contributed by atoms with Gasteiger partial charge in [0.25, 0.3) is 0 Å². The summed E-state index contributed by atoms with van der Waals surface area (Å²) < 4.78 is 0. The van der Waals surface area contributed by atoms with Gasteiger partial charge in [-0.15, -0.1) is 11.3 Å². The maximum atomic E-state index is 12.4. The summed E-state index contributed by atoms with van der Waals surface area (Å²) in [5, 5.41) is 6.09. The quantitative estimate of drug-likeness (QED) is 0.479. The zero-order valence-electron chi connectivity index (χ0n) is 16.1. The second-order valence-electron chi connectivity index (χ2n) is 6.85. The summed E-state index contributed by atoms with van der Waals surface area (Å²) in [4.78, 5) is 21.2. The van der Waals surface area contributed by atoms with Crippen molar-refractivity contribution < 1.29 is 4.79 Å². The van der Waals surface area contributed by atoms with Crippen molar-refractivity contribution in [2.45, 2.75) is 19.4 Å². The molecule has 5 heteroatoms. The number of nitrogens with one attached hydrogen (secondary N) is 1. The molecule has 1 atom stereocenters. The number of amides is 1. The topological polar surface area (TPSA) is 54.9 Å². The first-order chi connectivity index (χ1) is 14.2. The SMILES string of the molecule is CC(NC(=O)Cc1ccc(-c2csc(-c3ccncc3)n2)cc1)c1ccccc1. The highest BCUT2D eigenvalue weighted by Crippen LogP contribution is 2.28. The number of nitrogens with zero attached hydrogens (tertiary/aromatic N) is 2. The molecule has 0 aliphatic heterocycles. The Morgan fingerprint density at radius 1 is 0.966 bits per heavy atom. The third-order valence-electron chi connectivity index (χ3n) is 4.72. The summed E-state index contributed by atoms with van der Waals surface area (Å²) in [5.41, 5.74) is 5.14. The normalized spacial score (nSPS) is 11.8.